The summed E-state index contributed by atoms with van der Waals surface area (Å²) in [6, 6.07) is 45.3. The highest BCUT2D eigenvalue weighted by Crippen LogP contribution is 2.54. The van der Waals surface area contributed by atoms with Gasteiger partial charge in [-0.25, -0.2) is 0 Å². The van der Waals surface area contributed by atoms with E-state index in [0.29, 0.717) is 13.2 Å². The standard InChI is InChI=1S/C48H68N4S4.C32H44N2O2S3.C16H12N2S3.C16H12S2/c1-7-11-15-19-23-35(24-20-16-12-8-2)29-37-27-33(5)53-47(37)41-31-39-40(43-45(41)51-55-49-43)32-42(46-44(39)50-56-52-46)48-38(28-34(6)54-48)30-36(25-21-17-13-9-3)26-22-18-14-10-4;1-5-7-9-11-13-15-21-35-31-27(25-19-17-23(3)37-25)29-30(34-39-33-29)28(26-20-18-24(4)38-26)32(31)36-22-16-14-12-10-8-6-2;1-9-3-7-13(19-9)11-5-6-12(14-8-4-10(2)20-14)16-15(11)17-21-18-16;1-9-3-4-12-13-8-14-11(6-10(2)17-14)7-16(13)18-15(12)5-9/h27-28,31-32,35-36H,7-26,29-30H2,1-6H3;17-20H,5-16,21-22H2,1-4H3;3-8H,1-2H3;3-8H,1-2H3. The molecule has 22 heteroatoms. The Morgan fingerprint density at radius 3 is 1.00 bits per heavy atom. The van der Waals surface area contributed by atoms with Gasteiger partial charge in [-0.1, -0.05) is 258 Å². The van der Waals surface area contributed by atoms with Crippen LogP contribution in [-0.2, 0) is 12.8 Å². The van der Waals surface area contributed by atoms with E-state index in [1.807, 2.05) is 45.3 Å². The quantitative estimate of drug-likeness (QED) is 0.0341. The van der Waals surface area contributed by atoms with Crippen LogP contribution >= 0.6 is 138 Å². The number of benzene rings is 6. The first kappa shape index (κ1) is 101. The lowest BCUT2D eigenvalue weighted by Gasteiger charge is -2.20. The number of unbranched alkanes of at least 4 members (excludes halogenated alkanes) is 22. The SMILES string of the molecule is CCCCCCC(CCCCCC)Cc1cc(C)sc1-c1cc2c(cc(-c3sc(C)cc3CC(CCCCCC)CCCCCC)c3nsnc32)c2nsnc12.CCCCCCCCOc1c(OCCCCCCCC)c(-c2ccc(C)s2)c2nsnc2c1-c1ccc(C)s1.Cc1ccc(-c2ccc(-c3ccc(C)s3)c3nsnc23)s1.Cc1ccc2c(c1)sc1cc3cc(C)sc3cc12. The molecular formula is C112H136N8O2S12. The molecule has 0 N–H and O–H groups in total. The van der Waals surface area contributed by atoms with E-state index in [1.165, 1.54) is 383 Å². The minimum Gasteiger partial charge on any atom is -0.489 e. The van der Waals surface area contributed by atoms with Crippen molar-refractivity contribution in [3.05, 3.63) is 172 Å². The third kappa shape index (κ3) is 25.7. The Labute approximate surface area is 845 Å². The Balaban J connectivity index is 0.000000150. The van der Waals surface area contributed by atoms with Crippen molar-refractivity contribution >= 4 is 223 Å². The van der Waals surface area contributed by atoms with Gasteiger partial charge in [-0.3, -0.25) is 0 Å². The maximum atomic E-state index is 6.72. The molecule has 12 aromatic heterocycles. The number of aryl methyl sites for hydroxylation is 8. The molecule has 0 bridgehead atoms. The second-order valence-corrected chi connectivity index (χ2v) is 49.2. The van der Waals surface area contributed by atoms with E-state index in [4.69, 9.17) is 35.7 Å². The highest BCUT2D eigenvalue weighted by molar-refractivity contribution is 7.26. The number of aromatic nitrogens is 8. The molecule has 0 aliphatic rings. The van der Waals surface area contributed by atoms with Crippen LogP contribution < -0.4 is 9.47 Å². The van der Waals surface area contributed by atoms with Crippen molar-refractivity contribution in [3.8, 4) is 74.1 Å². The monoisotopic (exact) mass is 2010 g/mol. The Kier molecular flexibility index (Phi) is 38.3. The van der Waals surface area contributed by atoms with Crippen LogP contribution in [0.2, 0.25) is 0 Å². The van der Waals surface area contributed by atoms with Crippen LogP contribution in [0.25, 0.3) is 148 Å². The fraction of sp³-hybridized carbons (Fsp3) is 0.464. The lowest BCUT2D eigenvalue weighted by Crippen LogP contribution is -2.06. The topological polar surface area (TPSA) is 122 Å². The third-order valence-electron chi connectivity index (χ3n) is 26.0. The van der Waals surface area contributed by atoms with Gasteiger partial charge < -0.3 is 9.47 Å². The summed E-state index contributed by atoms with van der Waals surface area (Å²) in [5, 5.41) is 6.52. The molecule has 18 rings (SSSR count). The van der Waals surface area contributed by atoms with Crippen molar-refractivity contribution in [2.75, 3.05) is 13.2 Å². The minimum absolute atomic E-state index is 0.683. The fourth-order valence-electron chi connectivity index (χ4n) is 19.0. The number of nitrogens with zero attached hydrogens (tertiary/aromatic N) is 8. The summed E-state index contributed by atoms with van der Waals surface area (Å²) in [7, 11) is 0. The van der Waals surface area contributed by atoms with Crippen molar-refractivity contribution < 1.29 is 9.47 Å². The maximum absolute atomic E-state index is 6.72. The van der Waals surface area contributed by atoms with E-state index in [9.17, 15) is 0 Å². The first-order valence-corrected chi connectivity index (χ1v) is 59.4. The van der Waals surface area contributed by atoms with Crippen molar-refractivity contribution in [3.63, 3.8) is 0 Å². The Hall–Kier alpha value is -7.16. The Morgan fingerprint density at radius 1 is 0.254 bits per heavy atom. The van der Waals surface area contributed by atoms with E-state index in [-0.39, 0.29) is 0 Å². The zero-order valence-electron chi connectivity index (χ0n) is 81.5. The minimum atomic E-state index is 0.683. The number of ether oxygens (including phenoxy) is 2. The van der Waals surface area contributed by atoms with E-state index in [2.05, 4.69) is 227 Å². The van der Waals surface area contributed by atoms with Crippen LogP contribution in [0.15, 0.2) is 121 Å². The van der Waals surface area contributed by atoms with Gasteiger partial charge in [-0.15, -0.1) is 90.7 Å². The smallest absolute Gasteiger partial charge is 0.172 e. The second-order valence-electron chi connectivity index (χ2n) is 37.0. The molecule has 0 aliphatic heterocycles. The molecule has 708 valence electrons. The summed E-state index contributed by atoms with van der Waals surface area (Å²) >= 11 is 20.1. The summed E-state index contributed by atoms with van der Waals surface area (Å²) in [6.07, 6.45) is 43.9. The van der Waals surface area contributed by atoms with Crippen LogP contribution in [0.5, 0.6) is 11.5 Å². The van der Waals surface area contributed by atoms with Gasteiger partial charge in [-0.05, 0) is 212 Å². The Bertz CT molecular complexity index is 6420. The molecule has 0 radical (unpaired) electrons. The molecule has 18 aromatic rings. The molecule has 0 atom stereocenters. The molecule has 0 saturated carbocycles. The lowest BCUT2D eigenvalue weighted by molar-refractivity contribution is 0.260. The van der Waals surface area contributed by atoms with Crippen molar-refractivity contribution in [1.82, 2.24) is 35.0 Å². The van der Waals surface area contributed by atoms with Gasteiger partial charge in [0.15, 0.2) is 11.5 Å². The third-order valence-corrected chi connectivity index (χ3v) is 36.6. The van der Waals surface area contributed by atoms with E-state index < -0.39 is 0 Å². The van der Waals surface area contributed by atoms with Gasteiger partial charge in [0.25, 0.3) is 0 Å². The molecule has 12 heterocycles. The van der Waals surface area contributed by atoms with Gasteiger partial charge in [0.1, 0.15) is 44.1 Å². The molecule has 0 spiro atoms. The van der Waals surface area contributed by atoms with Crippen LogP contribution in [0.4, 0.5) is 0 Å². The fourth-order valence-corrected chi connectivity index (χ4v) is 29.2. The van der Waals surface area contributed by atoms with Gasteiger partial charge in [0.05, 0.1) is 71.3 Å². The van der Waals surface area contributed by atoms with Gasteiger partial charge in [0, 0.05) is 121 Å². The van der Waals surface area contributed by atoms with Crippen molar-refractivity contribution in [2.45, 2.75) is 315 Å². The predicted octanol–water partition coefficient (Wildman–Crippen LogP) is 40.0. The number of thiophene rings is 8. The van der Waals surface area contributed by atoms with Crippen LogP contribution in [0.3, 0.4) is 0 Å². The van der Waals surface area contributed by atoms with Gasteiger partial charge in [-0.2, -0.15) is 35.0 Å². The highest BCUT2D eigenvalue weighted by Gasteiger charge is 2.31. The van der Waals surface area contributed by atoms with Crippen LogP contribution in [0, 0.1) is 67.2 Å². The predicted molar refractivity (Wildman–Crippen MR) is 600 cm³/mol. The average Bonchev–Trinajstić information content (AvgIpc) is 1.52. The summed E-state index contributed by atoms with van der Waals surface area (Å²) in [4.78, 5) is 17.0. The summed E-state index contributed by atoms with van der Waals surface area (Å²) in [6.45, 7) is 32.6. The molecular weight excluding hydrogens is 1870 g/mol. The Morgan fingerprint density at radius 2 is 0.604 bits per heavy atom. The lowest BCUT2D eigenvalue weighted by atomic mass is 9.87. The molecule has 0 aliphatic carbocycles. The molecule has 0 saturated heterocycles. The van der Waals surface area contributed by atoms with Crippen LogP contribution in [0.1, 0.15) is 298 Å². The molecule has 134 heavy (non-hydrogen) atoms. The zero-order chi connectivity index (χ0) is 93.4. The van der Waals surface area contributed by atoms with Gasteiger partial charge in [0.2, 0.25) is 0 Å². The zero-order valence-corrected chi connectivity index (χ0v) is 91.2. The number of hydrogen-bond donors (Lipinski definition) is 0. The number of fused-ring (bicyclic) bond motifs is 11. The highest BCUT2D eigenvalue weighted by atomic mass is 32.1. The molecule has 10 nitrogen and oxygen atoms in total. The molecule has 6 aromatic carbocycles. The van der Waals surface area contributed by atoms with E-state index in [1.54, 1.807) is 45.3 Å². The molecule has 0 amide bonds. The molecule has 0 fully saturated rings. The second kappa shape index (κ2) is 50.6. The first-order valence-electron chi connectivity index (χ1n) is 50.0. The first-order chi connectivity index (χ1) is 65.5. The largest absolute Gasteiger partial charge is 0.489 e. The molecule has 0 unspecified atom stereocenters. The van der Waals surface area contributed by atoms with E-state index >= 15 is 0 Å². The van der Waals surface area contributed by atoms with Gasteiger partial charge >= 0.3 is 0 Å². The van der Waals surface area contributed by atoms with Crippen LogP contribution in [-0.4, -0.2) is 48.2 Å². The number of hydrogen-bond acceptors (Lipinski definition) is 22. The normalized spacial score (nSPS) is 11.8. The summed E-state index contributed by atoms with van der Waals surface area (Å²) < 4.78 is 56.5. The van der Waals surface area contributed by atoms with Crippen molar-refractivity contribution in [2.24, 2.45) is 11.8 Å². The number of rotatable bonds is 46. The summed E-state index contributed by atoms with van der Waals surface area (Å²) in [5.74, 6) is 3.15. The van der Waals surface area contributed by atoms with E-state index in [0.717, 1.165) is 104 Å². The summed E-state index contributed by atoms with van der Waals surface area (Å²) in [5.41, 5.74) is 19.3. The maximum Gasteiger partial charge on any atom is 0.172 e. The average molecular weight is 2010 g/mol. The van der Waals surface area contributed by atoms with Crippen molar-refractivity contribution in [1.29, 1.82) is 0 Å².